The number of hydrogen-bond donors (Lipinski definition) is 1. The highest BCUT2D eigenvalue weighted by molar-refractivity contribution is 7.14. The number of benzene rings is 1. The molecule has 0 radical (unpaired) electrons. The number of hydrogen-bond acceptors (Lipinski definition) is 6. The van der Waals surface area contributed by atoms with Crippen molar-refractivity contribution in [2.45, 2.75) is 18.6 Å². The summed E-state index contributed by atoms with van der Waals surface area (Å²) in [4.78, 5) is 26.0. The number of esters is 1. The fourth-order valence-corrected chi connectivity index (χ4v) is 3.88. The summed E-state index contributed by atoms with van der Waals surface area (Å²) < 4.78 is 44.0. The Morgan fingerprint density at radius 2 is 2.14 bits per heavy atom. The average Bonchev–Trinajstić information content (AvgIpc) is 3.27. The van der Waals surface area contributed by atoms with Gasteiger partial charge in [0.25, 0.3) is 0 Å². The van der Waals surface area contributed by atoms with Gasteiger partial charge in [0.2, 0.25) is 5.91 Å². The number of ether oxygens (including phenoxy) is 1. The van der Waals surface area contributed by atoms with Crippen molar-refractivity contribution in [1.29, 1.82) is 5.26 Å². The Kier molecular flexibility index (Phi) is 5.29. The van der Waals surface area contributed by atoms with E-state index in [1.165, 1.54) is 35.5 Å². The molecule has 2 heterocycles. The van der Waals surface area contributed by atoms with Gasteiger partial charge in [-0.15, -0.1) is 11.3 Å². The van der Waals surface area contributed by atoms with Crippen molar-refractivity contribution in [3.05, 3.63) is 46.3 Å². The Labute approximate surface area is 162 Å². The second-order valence-corrected chi connectivity index (χ2v) is 6.87. The van der Waals surface area contributed by atoms with Crippen LogP contribution in [0, 0.1) is 11.3 Å². The normalized spacial score (nSPS) is 16.8. The molecule has 1 aliphatic heterocycles. The number of anilines is 2. The number of nitrogens with one attached hydrogen (secondary N) is 1. The van der Waals surface area contributed by atoms with Crippen LogP contribution in [0.1, 0.15) is 27.9 Å². The van der Waals surface area contributed by atoms with Crippen LogP contribution in [-0.4, -0.2) is 31.6 Å². The molecule has 6 nitrogen and oxygen atoms in total. The van der Waals surface area contributed by atoms with Crippen LogP contribution < -0.4 is 10.2 Å². The van der Waals surface area contributed by atoms with E-state index in [9.17, 15) is 22.8 Å². The van der Waals surface area contributed by atoms with E-state index in [2.05, 4.69) is 5.32 Å². The molecule has 1 aromatic carbocycles. The number of carbonyl (C=O) groups is 2. The van der Waals surface area contributed by atoms with Crippen LogP contribution in [0.5, 0.6) is 0 Å². The third kappa shape index (κ3) is 3.66. The lowest BCUT2D eigenvalue weighted by molar-refractivity contribution is -0.137. The lowest BCUT2D eigenvalue weighted by atomic mass is 10.1. The first-order valence-corrected chi connectivity index (χ1v) is 8.99. The third-order valence-corrected chi connectivity index (χ3v) is 5.22. The maximum absolute atomic E-state index is 13.1. The van der Waals surface area contributed by atoms with Crippen LogP contribution in [0.25, 0.3) is 0 Å². The van der Waals surface area contributed by atoms with Gasteiger partial charge in [-0.25, -0.2) is 4.79 Å². The maximum Gasteiger partial charge on any atom is 0.417 e. The van der Waals surface area contributed by atoms with Gasteiger partial charge >= 0.3 is 12.1 Å². The van der Waals surface area contributed by atoms with E-state index in [1.807, 2.05) is 0 Å². The van der Waals surface area contributed by atoms with Gasteiger partial charge in [-0.1, -0.05) is 0 Å². The maximum atomic E-state index is 13.1. The van der Waals surface area contributed by atoms with Crippen molar-refractivity contribution in [2.75, 3.05) is 23.9 Å². The van der Waals surface area contributed by atoms with Gasteiger partial charge in [-0.2, -0.15) is 18.4 Å². The predicted molar refractivity (Wildman–Crippen MR) is 96.2 cm³/mol. The van der Waals surface area contributed by atoms with Gasteiger partial charge in [0.15, 0.2) is 0 Å². The van der Waals surface area contributed by atoms with Gasteiger partial charge < -0.3 is 15.0 Å². The summed E-state index contributed by atoms with van der Waals surface area (Å²) in [5, 5.41) is 13.8. The lowest BCUT2D eigenvalue weighted by Gasteiger charge is -2.18. The van der Waals surface area contributed by atoms with Crippen molar-refractivity contribution in [3.63, 3.8) is 0 Å². The zero-order valence-electron chi connectivity index (χ0n) is 14.5. The quantitative estimate of drug-likeness (QED) is 0.780. The highest BCUT2D eigenvalue weighted by Gasteiger charge is 2.37. The van der Waals surface area contributed by atoms with Crippen LogP contribution in [0.15, 0.2) is 29.6 Å². The molecule has 0 bridgehead atoms. The van der Waals surface area contributed by atoms with Crippen molar-refractivity contribution in [1.82, 2.24) is 0 Å². The Morgan fingerprint density at radius 3 is 2.79 bits per heavy atom. The second kappa shape index (κ2) is 7.52. The zero-order valence-corrected chi connectivity index (χ0v) is 15.4. The molecular weight excluding hydrogens is 395 g/mol. The van der Waals surface area contributed by atoms with Crippen molar-refractivity contribution in [3.8, 4) is 6.07 Å². The molecule has 0 aliphatic carbocycles. The fraction of sp³-hybridized carbons (Fsp3) is 0.278. The van der Waals surface area contributed by atoms with E-state index < -0.39 is 29.3 Å². The third-order valence-electron chi connectivity index (χ3n) is 4.29. The van der Waals surface area contributed by atoms with Gasteiger partial charge in [-0.05, 0) is 36.1 Å². The molecule has 1 atom stereocenters. The summed E-state index contributed by atoms with van der Waals surface area (Å²) in [6.07, 6.45) is -4.33. The highest BCUT2D eigenvalue weighted by atomic mass is 32.1. The molecule has 2 aromatic rings. The van der Waals surface area contributed by atoms with E-state index in [0.29, 0.717) is 18.0 Å². The largest absolute Gasteiger partial charge is 0.465 e. The van der Waals surface area contributed by atoms with Crippen LogP contribution in [0.2, 0.25) is 0 Å². The molecule has 146 valence electrons. The Balaban J connectivity index is 1.81. The molecule has 10 heteroatoms. The summed E-state index contributed by atoms with van der Waals surface area (Å²) >= 11 is 1.21. The molecule has 1 saturated heterocycles. The molecule has 1 N–H and O–H groups in total. The summed E-state index contributed by atoms with van der Waals surface area (Å²) in [6.45, 7) is 0.309. The zero-order chi connectivity index (χ0) is 20.5. The number of thiophene rings is 1. The molecule has 0 spiro atoms. The summed E-state index contributed by atoms with van der Waals surface area (Å²) in [5.74, 6) is -0.923. The van der Waals surface area contributed by atoms with Crippen molar-refractivity contribution in [2.24, 2.45) is 0 Å². The summed E-state index contributed by atoms with van der Waals surface area (Å²) in [7, 11) is 1.24. The molecule has 1 unspecified atom stereocenters. The van der Waals surface area contributed by atoms with Gasteiger partial charge in [0.05, 0.1) is 29.9 Å². The highest BCUT2D eigenvalue weighted by Crippen LogP contribution is 2.35. The Morgan fingerprint density at radius 1 is 1.39 bits per heavy atom. The van der Waals surface area contributed by atoms with Crippen molar-refractivity contribution < 1.29 is 27.5 Å². The molecule has 28 heavy (non-hydrogen) atoms. The van der Waals surface area contributed by atoms with Crippen LogP contribution >= 0.6 is 11.3 Å². The topological polar surface area (TPSA) is 82.4 Å². The van der Waals surface area contributed by atoms with Crippen LogP contribution in [0.3, 0.4) is 0 Å². The number of carbonyl (C=O) groups excluding carboxylic acids is 2. The molecule has 1 fully saturated rings. The van der Waals surface area contributed by atoms with Crippen molar-refractivity contribution >= 4 is 33.9 Å². The first kappa shape index (κ1) is 19.7. The summed E-state index contributed by atoms with van der Waals surface area (Å²) in [5.41, 5.74) is -1.20. The lowest BCUT2D eigenvalue weighted by Crippen LogP contribution is -2.33. The molecule has 1 aliphatic rings. The minimum Gasteiger partial charge on any atom is -0.465 e. The molecule has 1 aromatic heterocycles. The van der Waals surface area contributed by atoms with Gasteiger partial charge in [0.1, 0.15) is 11.0 Å². The number of methoxy groups -OCH3 is 1. The van der Waals surface area contributed by atoms with Gasteiger partial charge in [-0.3, -0.25) is 4.79 Å². The average molecular weight is 409 g/mol. The second-order valence-electron chi connectivity index (χ2n) is 5.98. The minimum atomic E-state index is -4.68. The standard InChI is InChI=1S/C18H14F3N3O3S/c1-27-17(26)12-5-7-28-16(12)24-6-4-14(15(24)25)23-11-3-2-10(9-22)13(8-11)18(19,20)21/h2-3,5,7-8,14,23H,4,6H2,1H3. The Bertz CT molecular complexity index is 965. The molecule has 0 saturated carbocycles. The van der Waals surface area contributed by atoms with E-state index in [1.54, 1.807) is 11.4 Å². The SMILES string of the molecule is COC(=O)c1ccsc1N1CCC(Nc2ccc(C#N)c(C(F)(F)F)c2)C1=O. The first-order valence-electron chi connectivity index (χ1n) is 8.11. The van der Waals surface area contributed by atoms with E-state index in [0.717, 1.165) is 12.1 Å². The number of halogens is 3. The molecular formula is C18H14F3N3O3S. The minimum absolute atomic E-state index is 0.0888. The molecule has 1 amide bonds. The predicted octanol–water partition coefficient (Wildman–Crippen LogP) is 3.64. The van der Waals surface area contributed by atoms with E-state index >= 15 is 0 Å². The fourth-order valence-electron chi connectivity index (χ4n) is 2.96. The van der Waals surface area contributed by atoms with E-state index in [4.69, 9.17) is 10.00 Å². The number of nitriles is 1. The first-order chi connectivity index (χ1) is 13.3. The Hall–Kier alpha value is -3.06. The number of alkyl halides is 3. The van der Waals surface area contributed by atoms with Gasteiger partial charge in [0, 0.05) is 12.2 Å². The van der Waals surface area contributed by atoms with Crippen LogP contribution in [0.4, 0.5) is 23.9 Å². The monoisotopic (exact) mass is 409 g/mol. The molecule has 3 rings (SSSR count). The number of nitrogens with zero attached hydrogens (tertiary/aromatic N) is 2. The number of amides is 1. The van der Waals surface area contributed by atoms with Crippen LogP contribution in [-0.2, 0) is 15.7 Å². The van der Waals surface area contributed by atoms with E-state index in [-0.39, 0.29) is 17.2 Å². The summed E-state index contributed by atoms with van der Waals surface area (Å²) in [6, 6.07) is 5.53. The smallest absolute Gasteiger partial charge is 0.417 e. The number of rotatable bonds is 4.